The lowest BCUT2D eigenvalue weighted by Crippen LogP contribution is -2.22. The lowest BCUT2D eigenvalue weighted by atomic mass is 10.3. The summed E-state index contributed by atoms with van der Waals surface area (Å²) in [6, 6.07) is 4.09. The van der Waals surface area contributed by atoms with Gasteiger partial charge in [-0.1, -0.05) is 40.8 Å². The first kappa shape index (κ1) is 17.7. The van der Waals surface area contributed by atoms with Gasteiger partial charge in [0.15, 0.2) is 4.34 Å². The standard InChI is InChI=1S/C14H14ClFN4OS2/c1-3-6-17-13-19-20-14(23-13)22-8(2)12(21)18-11-5-4-9(15)7-10(11)16/h3-5,7-8H,1,6H2,2H3,(H,17,19)(H,18,21)/t8-/m1/s1. The van der Waals surface area contributed by atoms with E-state index in [0.717, 1.165) is 6.07 Å². The highest BCUT2D eigenvalue weighted by atomic mass is 35.5. The molecule has 0 aliphatic rings. The Bertz CT molecular complexity index is 710. The number of hydrogen-bond acceptors (Lipinski definition) is 6. The van der Waals surface area contributed by atoms with Crippen LogP contribution in [0.5, 0.6) is 0 Å². The van der Waals surface area contributed by atoms with Crippen LogP contribution >= 0.6 is 34.7 Å². The molecule has 0 spiro atoms. The van der Waals surface area contributed by atoms with Crippen molar-refractivity contribution in [2.45, 2.75) is 16.5 Å². The summed E-state index contributed by atoms with van der Waals surface area (Å²) in [6.07, 6.45) is 1.71. The van der Waals surface area contributed by atoms with E-state index in [-0.39, 0.29) is 16.6 Å². The van der Waals surface area contributed by atoms with Crippen LogP contribution in [-0.2, 0) is 4.79 Å². The van der Waals surface area contributed by atoms with E-state index in [1.165, 1.54) is 35.2 Å². The number of carbonyl (C=O) groups excluding carboxylic acids is 1. The molecule has 2 aromatic rings. The molecule has 1 amide bonds. The molecule has 0 fully saturated rings. The second kappa shape index (κ2) is 8.28. The maximum Gasteiger partial charge on any atom is 0.237 e. The van der Waals surface area contributed by atoms with Gasteiger partial charge in [-0.2, -0.15) is 0 Å². The van der Waals surface area contributed by atoms with Gasteiger partial charge in [0.1, 0.15) is 5.82 Å². The predicted molar refractivity (Wildman–Crippen MR) is 94.0 cm³/mol. The first-order valence-corrected chi connectivity index (χ1v) is 8.68. The van der Waals surface area contributed by atoms with Gasteiger partial charge in [-0.15, -0.1) is 16.8 Å². The normalized spacial score (nSPS) is 11.8. The van der Waals surface area contributed by atoms with Crippen LogP contribution in [0, 0.1) is 5.82 Å². The third kappa shape index (κ3) is 5.19. The van der Waals surface area contributed by atoms with Crippen LogP contribution in [0.1, 0.15) is 6.92 Å². The number of rotatable bonds is 7. The van der Waals surface area contributed by atoms with Crippen LogP contribution < -0.4 is 10.6 Å². The molecule has 1 aromatic heterocycles. The van der Waals surface area contributed by atoms with Crippen LogP contribution in [0.2, 0.25) is 5.02 Å². The van der Waals surface area contributed by atoms with Crippen LogP contribution in [0.25, 0.3) is 0 Å². The average molecular weight is 373 g/mol. The first-order valence-electron chi connectivity index (χ1n) is 6.60. The smallest absolute Gasteiger partial charge is 0.237 e. The highest BCUT2D eigenvalue weighted by Gasteiger charge is 2.18. The second-order valence-electron chi connectivity index (χ2n) is 4.42. The van der Waals surface area contributed by atoms with Crippen LogP contribution in [0.4, 0.5) is 15.2 Å². The lowest BCUT2D eigenvalue weighted by Gasteiger charge is -2.11. The third-order valence-corrected chi connectivity index (χ3v) is 4.94. The van der Waals surface area contributed by atoms with Gasteiger partial charge in [0.2, 0.25) is 11.0 Å². The Hall–Kier alpha value is -1.64. The number of nitrogens with one attached hydrogen (secondary N) is 2. The Morgan fingerprint density at radius 3 is 3.04 bits per heavy atom. The van der Waals surface area contributed by atoms with Crippen LogP contribution in [0.15, 0.2) is 35.2 Å². The van der Waals surface area contributed by atoms with Crippen molar-refractivity contribution >= 4 is 51.4 Å². The lowest BCUT2D eigenvalue weighted by molar-refractivity contribution is -0.115. The van der Waals surface area contributed by atoms with Crippen LogP contribution in [0.3, 0.4) is 0 Å². The van der Waals surface area contributed by atoms with Gasteiger partial charge in [0.05, 0.1) is 10.9 Å². The van der Waals surface area contributed by atoms with Crippen molar-refractivity contribution in [3.8, 4) is 0 Å². The third-order valence-electron chi connectivity index (χ3n) is 2.64. The Kier molecular flexibility index (Phi) is 6.37. The summed E-state index contributed by atoms with van der Waals surface area (Å²) in [5.74, 6) is -0.901. The maximum atomic E-state index is 13.7. The fourth-order valence-corrected chi connectivity index (χ4v) is 3.58. The zero-order valence-electron chi connectivity index (χ0n) is 12.2. The molecule has 1 heterocycles. The number of anilines is 2. The molecule has 23 heavy (non-hydrogen) atoms. The molecule has 0 aliphatic carbocycles. The number of hydrogen-bond donors (Lipinski definition) is 2. The zero-order valence-corrected chi connectivity index (χ0v) is 14.6. The average Bonchev–Trinajstić information content (AvgIpc) is 2.95. The van der Waals surface area contributed by atoms with Gasteiger partial charge in [0.25, 0.3) is 0 Å². The Morgan fingerprint density at radius 2 is 2.35 bits per heavy atom. The highest BCUT2D eigenvalue weighted by Crippen LogP contribution is 2.29. The molecule has 2 N–H and O–H groups in total. The van der Waals surface area contributed by atoms with E-state index in [1.807, 2.05) is 0 Å². The number of halogens is 2. The molecular weight excluding hydrogens is 359 g/mol. The van der Waals surface area contributed by atoms with E-state index in [9.17, 15) is 9.18 Å². The summed E-state index contributed by atoms with van der Waals surface area (Å²) in [5.41, 5.74) is 0.0949. The molecule has 0 unspecified atom stereocenters. The summed E-state index contributed by atoms with van der Waals surface area (Å²) < 4.78 is 14.3. The quantitative estimate of drug-likeness (QED) is 0.567. The minimum absolute atomic E-state index is 0.0949. The van der Waals surface area contributed by atoms with E-state index in [0.29, 0.717) is 16.0 Å². The van der Waals surface area contributed by atoms with Crippen LogP contribution in [-0.4, -0.2) is 27.9 Å². The van der Waals surface area contributed by atoms with Crippen molar-refractivity contribution in [2.75, 3.05) is 17.2 Å². The molecule has 2 rings (SSSR count). The number of benzene rings is 1. The van der Waals surface area contributed by atoms with Crippen molar-refractivity contribution in [3.63, 3.8) is 0 Å². The zero-order chi connectivity index (χ0) is 16.8. The molecule has 122 valence electrons. The monoisotopic (exact) mass is 372 g/mol. The molecule has 5 nitrogen and oxygen atoms in total. The van der Waals surface area contributed by atoms with Gasteiger partial charge in [-0.3, -0.25) is 4.79 Å². The highest BCUT2D eigenvalue weighted by molar-refractivity contribution is 8.02. The Balaban J connectivity index is 1.94. The van der Waals surface area contributed by atoms with Gasteiger partial charge >= 0.3 is 0 Å². The Morgan fingerprint density at radius 1 is 1.57 bits per heavy atom. The maximum absolute atomic E-state index is 13.7. The molecule has 9 heteroatoms. The van der Waals surface area contributed by atoms with E-state index >= 15 is 0 Å². The number of carbonyl (C=O) groups is 1. The topological polar surface area (TPSA) is 66.9 Å². The number of amides is 1. The van der Waals surface area contributed by atoms with Crippen molar-refractivity contribution in [1.29, 1.82) is 0 Å². The molecule has 0 saturated carbocycles. The van der Waals surface area contributed by atoms with Crippen molar-refractivity contribution < 1.29 is 9.18 Å². The van der Waals surface area contributed by atoms with Gasteiger partial charge in [0, 0.05) is 11.6 Å². The molecule has 0 bridgehead atoms. The van der Waals surface area contributed by atoms with E-state index in [2.05, 4.69) is 27.4 Å². The summed E-state index contributed by atoms with van der Waals surface area (Å²) in [4.78, 5) is 12.1. The van der Waals surface area contributed by atoms with Crippen molar-refractivity contribution in [3.05, 3.63) is 41.7 Å². The second-order valence-corrected chi connectivity index (χ2v) is 7.42. The molecule has 0 saturated heterocycles. The molecule has 1 aromatic carbocycles. The molecule has 0 aliphatic heterocycles. The molecule has 0 radical (unpaired) electrons. The van der Waals surface area contributed by atoms with Crippen molar-refractivity contribution in [1.82, 2.24) is 10.2 Å². The minimum Gasteiger partial charge on any atom is -0.357 e. The number of nitrogens with zero attached hydrogens (tertiary/aromatic N) is 2. The first-order chi connectivity index (χ1) is 11.0. The predicted octanol–water partition coefficient (Wildman–Crippen LogP) is 4.05. The van der Waals surface area contributed by atoms with Gasteiger partial charge < -0.3 is 10.6 Å². The van der Waals surface area contributed by atoms with Gasteiger partial charge in [-0.25, -0.2) is 4.39 Å². The summed E-state index contributed by atoms with van der Waals surface area (Å²) in [6.45, 7) is 5.91. The summed E-state index contributed by atoms with van der Waals surface area (Å²) >= 11 is 8.27. The summed E-state index contributed by atoms with van der Waals surface area (Å²) in [5, 5.41) is 14.0. The largest absolute Gasteiger partial charge is 0.357 e. The van der Waals surface area contributed by atoms with E-state index < -0.39 is 11.1 Å². The van der Waals surface area contributed by atoms with Gasteiger partial charge in [-0.05, 0) is 25.1 Å². The fraction of sp³-hybridized carbons (Fsp3) is 0.214. The molecule has 1 atom stereocenters. The number of aromatic nitrogens is 2. The van der Waals surface area contributed by atoms with E-state index in [4.69, 9.17) is 11.6 Å². The summed E-state index contributed by atoms with van der Waals surface area (Å²) in [7, 11) is 0. The van der Waals surface area contributed by atoms with E-state index in [1.54, 1.807) is 13.0 Å². The Labute approximate surface area is 146 Å². The molecular formula is C14H14ClFN4OS2. The number of thioether (sulfide) groups is 1. The minimum atomic E-state index is -0.574. The SMILES string of the molecule is C=CCNc1nnc(S[C@H](C)C(=O)Nc2ccc(Cl)cc2F)s1. The van der Waals surface area contributed by atoms with Crippen molar-refractivity contribution in [2.24, 2.45) is 0 Å². The fourth-order valence-electron chi connectivity index (χ4n) is 1.52.